The van der Waals surface area contributed by atoms with E-state index in [1.807, 2.05) is 0 Å². The average Bonchev–Trinajstić information content (AvgIpc) is 2.80. The van der Waals surface area contributed by atoms with Crippen molar-refractivity contribution in [1.82, 2.24) is 5.32 Å². The summed E-state index contributed by atoms with van der Waals surface area (Å²) in [6.07, 6.45) is 2.17. The van der Waals surface area contributed by atoms with Crippen LogP contribution in [-0.2, 0) is 4.74 Å². The maximum absolute atomic E-state index is 9.30. The first-order valence-corrected chi connectivity index (χ1v) is 4.68. The van der Waals surface area contributed by atoms with Crippen LogP contribution in [0.4, 0.5) is 0 Å². The lowest BCUT2D eigenvalue weighted by Crippen LogP contribution is -2.32. The van der Waals surface area contributed by atoms with Gasteiger partial charge in [-0.15, -0.1) is 0 Å². The number of aliphatic hydroxyl groups excluding tert-OH is 1. The van der Waals surface area contributed by atoms with E-state index in [-0.39, 0.29) is 6.10 Å². The second-order valence-electron chi connectivity index (χ2n) is 3.53. The Morgan fingerprint density at radius 1 is 1.67 bits per heavy atom. The smallest absolute Gasteiger partial charge is 0.0897 e. The summed E-state index contributed by atoms with van der Waals surface area (Å²) in [7, 11) is 1.61. The molecular weight excluding hydrogens is 154 g/mol. The SMILES string of the molecule is CCC1CC1NCC(O)COC. The Morgan fingerprint density at radius 3 is 2.92 bits per heavy atom. The maximum atomic E-state index is 9.30. The van der Waals surface area contributed by atoms with Crippen molar-refractivity contribution >= 4 is 0 Å². The number of aliphatic hydroxyl groups is 1. The third-order valence-electron chi connectivity index (χ3n) is 2.42. The predicted molar refractivity (Wildman–Crippen MR) is 48.1 cm³/mol. The number of rotatable bonds is 6. The summed E-state index contributed by atoms with van der Waals surface area (Å²) >= 11 is 0. The van der Waals surface area contributed by atoms with Gasteiger partial charge in [-0.25, -0.2) is 0 Å². The molecule has 72 valence electrons. The predicted octanol–water partition coefficient (Wildman–Crippen LogP) is 0.382. The quantitative estimate of drug-likeness (QED) is 0.610. The second-order valence-corrected chi connectivity index (χ2v) is 3.53. The first-order valence-electron chi connectivity index (χ1n) is 4.68. The number of hydrogen-bond acceptors (Lipinski definition) is 3. The number of hydrogen-bond donors (Lipinski definition) is 2. The first-order chi connectivity index (χ1) is 5.77. The Balaban J connectivity index is 1.95. The normalized spacial score (nSPS) is 30.2. The molecule has 0 saturated heterocycles. The molecule has 1 aliphatic rings. The van der Waals surface area contributed by atoms with Crippen LogP contribution in [0.3, 0.4) is 0 Å². The van der Waals surface area contributed by atoms with Crippen LogP contribution in [0, 0.1) is 5.92 Å². The molecule has 3 nitrogen and oxygen atoms in total. The molecule has 0 spiro atoms. The van der Waals surface area contributed by atoms with Crippen molar-refractivity contribution in [1.29, 1.82) is 0 Å². The lowest BCUT2D eigenvalue weighted by Gasteiger charge is -2.09. The fourth-order valence-corrected chi connectivity index (χ4v) is 1.49. The molecule has 0 radical (unpaired) electrons. The molecule has 1 aliphatic carbocycles. The van der Waals surface area contributed by atoms with Crippen LogP contribution < -0.4 is 5.32 Å². The second kappa shape index (κ2) is 4.80. The van der Waals surface area contributed by atoms with Crippen LogP contribution in [0.2, 0.25) is 0 Å². The van der Waals surface area contributed by atoms with Gasteiger partial charge in [0.25, 0.3) is 0 Å². The van der Waals surface area contributed by atoms with Crippen molar-refractivity contribution in [3.05, 3.63) is 0 Å². The summed E-state index contributed by atoms with van der Waals surface area (Å²) in [5, 5.41) is 12.6. The molecule has 0 amide bonds. The van der Waals surface area contributed by atoms with E-state index in [1.54, 1.807) is 7.11 Å². The van der Waals surface area contributed by atoms with Gasteiger partial charge in [-0.2, -0.15) is 0 Å². The molecule has 0 aromatic heterocycles. The Hall–Kier alpha value is -0.120. The van der Waals surface area contributed by atoms with Crippen molar-refractivity contribution in [2.24, 2.45) is 5.92 Å². The van der Waals surface area contributed by atoms with Gasteiger partial charge in [0.05, 0.1) is 12.7 Å². The molecule has 3 unspecified atom stereocenters. The van der Waals surface area contributed by atoms with E-state index in [2.05, 4.69) is 12.2 Å². The molecule has 1 fully saturated rings. The molecule has 0 aliphatic heterocycles. The third-order valence-corrected chi connectivity index (χ3v) is 2.42. The molecule has 1 rings (SSSR count). The topological polar surface area (TPSA) is 41.5 Å². The summed E-state index contributed by atoms with van der Waals surface area (Å²) < 4.78 is 4.82. The van der Waals surface area contributed by atoms with Gasteiger partial charge in [0, 0.05) is 19.7 Å². The van der Waals surface area contributed by atoms with Crippen molar-refractivity contribution in [3.63, 3.8) is 0 Å². The summed E-state index contributed by atoms with van der Waals surface area (Å²) in [4.78, 5) is 0. The lowest BCUT2D eigenvalue weighted by atomic mass is 10.3. The van der Waals surface area contributed by atoms with E-state index in [0.29, 0.717) is 19.2 Å². The average molecular weight is 173 g/mol. The molecule has 0 aromatic carbocycles. The molecule has 3 heteroatoms. The van der Waals surface area contributed by atoms with Gasteiger partial charge < -0.3 is 15.2 Å². The maximum Gasteiger partial charge on any atom is 0.0897 e. The lowest BCUT2D eigenvalue weighted by molar-refractivity contribution is 0.0641. The van der Waals surface area contributed by atoms with E-state index in [0.717, 1.165) is 5.92 Å². The monoisotopic (exact) mass is 173 g/mol. The minimum atomic E-state index is -0.354. The summed E-state index contributed by atoms with van der Waals surface area (Å²) in [6, 6.07) is 0.654. The molecule has 1 saturated carbocycles. The van der Waals surface area contributed by atoms with Crippen molar-refractivity contribution in [2.75, 3.05) is 20.3 Å². The van der Waals surface area contributed by atoms with Crippen LogP contribution in [0.15, 0.2) is 0 Å². The Bertz CT molecular complexity index is 128. The van der Waals surface area contributed by atoms with Gasteiger partial charge in [-0.3, -0.25) is 0 Å². The fraction of sp³-hybridized carbons (Fsp3) is 1.00. The summed E-state index contributed by atoms with van der Waals surface area (Å²) in [6.45, 7) is 3.30. The molecule has 3 atom stereocenters. The van der Waals surface area contributed by atoms with Crippen LogP contribution in [0.25, 0.3) is 0 Å². The van der Waals surface area contributed by atoms with Crippen molar-refractivity contribution in [2.45, 2.75) is 31.9 Å². The van der Waals surface area contributed by atoms with Gasteiger partial charge in [0.2, 0.25) is 0 Å². The van der Waals surface area contributed by atoms with Crippen LogP contribution in [0.5, 0.6) is 0 Å². The van der Waals surface area contributed by atoms with Gasteiger partial charge in [0.15, 0.2) is 0 Å². The van der Waals surface area contributed by atoms with E-state index >= 15 is 0 Å². The van der Waals surface area contributed by atoms with Gasteiger partial charge in [0.1, 0.15) is 0 Å². The Labute approximate surface area is 74.1 Å². The van der Waals surface area contributed by atoms with Crippen molar-refractivity contribution in [3.8, 4) is 0 Å². The largest absolute Gasteiger partial charge is 0.389 e. The van der Waals surface area contributed by atoms with Crippen LogP contribution in [-0.4, -0.2) is 37.5 Å². The standard InChI is InChI=1S/C9H19NO2/c1-3-7-4-9(7)10-5-8(11)6-12-2/h7-11H,3-6H2,1-2H3. The molecular formula is C9H19NO2. The zero-order chi connectivity index (χ0) is 8.97. The van der Waals surface area contributed by atoms with E-state index < -0.39 is 0 Å². The molecule has 2 N–H and O–H groups in total. The minimum Gasteiger partial charge on any atom is -0.389 e. The Morgan fingerprint density at radius 2 is 2.42 bits per heavy atom. The highest BCUT2D eigenvalue weighted by Gasteiger charge is 2.34. The van der Waals surface area contributed by atoms with Crippen LogP contribution >= 0.6 is 0 Å². The highest BCUT2D eigenvalue weighted by Crippen LogP contribution is 2.32. The molecule has 0 aromatic rings. The van der Waals surface area contributed by atoms with Gasteiger partial charge >= 0.3 is 0 Å². The number of methoxy groups -OCH3 is 1. The van der Waals surface area contributed by atoms with E-state index in [4.69, 9.17) is 4.74 Å². The van der Waals surface area contributed by atoms with Gasteiger partial charge in [-0.05, 0) is 12.3 Å². The highest BCUT2D eigenvalue weighted by molar-refractivity contribution is 4.92. The molecule has 12 heavy (non-hydrogen) atoms. The third kappa shape index (κ3) is 3.09. The van der Waals surface area contributed by atoms with E-state index in [9.17, 15) is 5.11 Å². The minimum absolute atomic E-state index is 0.354. The zero-order valence-corrected chi connectivity index (χ0v) is 7.92. The highest BCUT2D eigenvalue weighted by atomic mass is 16.5. The number of nitrogens with one attached hydrogen (secondary N) is 1. The molecule has 0 bridgehead atoms. The molecule has 0 heterocycles. The first kappa shape index (κ1) is 9.96. The summed E-state index contributed by atoms with van der Waals surface area (Å²) in [5.41, 5.74) is 0. The van der Waals surface area contributed by atoms with E-state index in [1.165, 1.54) is 12.8 Å². The summed E-state index contributed by atoms with van der Waals surface area (Å²) in [5.74, 6) is 0.847. The Kier molecular flexibility index (Phi) is 3.98. The zero-order valence-electron chi connectivity index (χ0n) is 7.92. The van der Waals surface area contributed by atoms with Crippen molar-refractivity contribution < 1.29 is 9.84 Å². The fourth-order valence-electron chi connectivity index (χ4n) is 1.49. The van der Waals surface area contributed by atoms with Gasteiger partial charge in [-0.1, -0.05) is 13.3 Å². The number of ether oxygens (including phenoxy) is 1. The van der Waals surface area contributed by atoms with Crippen LogP contribution in [0.1, 0.15) is 19.8 Å².